The van der Waals surface area contributed by atoms with Crippen molar-refractivity contribution in [2.24, 2.45) is 5.73 Å². The second-order valence-corrected chi connectivity index (χ2v) is 5.88. The van der Waals surface area contributed by atoms with Gasteiger partial charge in [-0.2, -0.15) is 0 Å². The van der Waals surface area contributed by atoms with Crippen LogP contribution >= 0.6 is 11.6 Å². The van der Waals surface area contributed by atoms with Gasteiger partial charge in [-0.15, -0.1) is 0 Å². The summed E-state index contributed by atoms with van der Waals surface area (Å²) in [4.78, 5) is 27.1. The fourth-order valence-corrected chi connectivity index (χ4v) is 1.93. The number of nitrogens with two attached hydrogens (primary N) is 1. The monoisotopic (exact) mass is 358 g/mol. The number of imide groups is 1. The van der Waals surface area contributed by atoms with Crippen molar-refractivity contribution >= 4 is 33.8 Å². The summed E-state index contributed by atoms with van der Waals surface area (Å²) < 4.78 is 31.9. The minimum atomic E-state index is -4.50. The van der Waals surface area contributed by atoms with Crippen LogP contribution in [0.25, 0.3) is 0 Å². The maximum Gasteiger partial charge on any atom is 1.00 e. The van der Waals surface area contributed by atoms with Gasteiger partial charge in [0.25, 0.3) is 0 Å². The average molecular weight is 359 g/mol. The number of nitrogens with zero attached hydrogens (tertiary/aromatic N) is 2. The zero-order valence-corrected chi connectivity index (χ0v) is 15.2. The van der Waals surface area contributed by atoms with Crippen LogP contribution < -0.4 is 40.6 Å². The second kappa shape index (κ2) is 9.28. The van der Waals surface area contributed by atoms with Crippen LogP contribution in [0.3, 0.4) is 0 Å². The van der Waals surface area contributed by atoms with Gasteiger partial charge in [-0.25, -0.2) is 23.0 Å². The number of hydrogen-bond donors (Lipinski definition) is 2. The molecule has 9 nitrogen and oxygen atoms in total. The molecule has 0 spiro atoms. The van der Waals surface area contributed by atoms with Gasteiger partial charge < -0.3 is 15.2 Å². The Bertz CT molecular complexity index is 625. The van der Waals surface area contributed by atoms with Crippen LogP contribution in [-0.4, -0.2) is 47.2 Å². The number of urea groups is 2. The van der Waals surface area contributed by atoms with E-state index in [9.17, 15) is 22.6 Å². The fourth-order valence-electron chi connectivity index (χ4n) is 1.38. The second-order valence-electron chi connectivity index (χ2n) is 3.97. The molecule has 0 aliphatic carbocycles. The molecule has 0 saturated heterocycles. The Morgan fingerprint density at radius 1 is 1.41 bits per heavy atom. The number of aromatic nitrogens is 1. The van der Waals surface area contributed by atoms with Gasteiger partial charge in [0.1, 0.15) is 5.15 Å². The van der Waals surface area contributed by atoms with Crippen LogP contribution in [0.4, 0.5) is 9.59 Å². The third-order valence-electron chi connectivity index (χ3n) is 2.29. The molecule has 3 N–H and O–H groups in total. The van der Waals surface area contributed by atoms with E-state index in [0.717, 1.165) is 4.90 Å². The van der Waals surface area contributed by atoms with Crippen LogP contribution in [0, 0.1) is 0 Å². The number of amides is 4. The molecule has 1 aromatic rings. The quantitative estimate of drug-likeness (QED) is 0.323. The predicted octanol–water partition coefficient (Wildman–Crippen LogP) is -3.13. The molecule has 4 amide bonds. The van der Waals surface area contributed by atoms with Gasteiger partial charge in [0.05, 0.1) is 15.9 Å². The Morgan fingerprint density at radius 3 is 2.50 bits per heavy atom. The average Bonchev–Trinajstić information content (AvgIpc) is 2.34. The number of pyridine rings is 1. The predicted molar refractivity (Wildman–Crippen MR) is 72.3 cm³/mol. The minimum Gasteiger partial charge on any atom is -0.748 e. The molecule has 0 aromatic carbocycles. The van der Waals surface area contributed by atoms with E-state index in [0.29, 0.717) is 5.56 Å². The van der Waals surface area contributed by atoms with Gasteiger partial charge in [-0.3, -0.25) is 5.32 Å². The van der Waals surface area contributed by atoms with Gasteiger partial charge in [-0.05, 0) is 11.6 Å². The zero-order valence-electron chi connectivity index (χ0n) is 11.7. The third-order valence-corrected chi connectivity index (χ3v) is 3.20. The third kappa shape index (κ3) is 8.51. The molecule has 1 heterocycles. The van der Waals surface area contributed by atoms with Crippen LogP contribution in [0.2, 0.25) is 5.15 Å². The summed E-state index contributed by atoms with van der Waals surface area (Å²) >= 11 is 5.61. The SMILES string of the molecule is NC(=O)NC(=O)N(CCS(=O)(=O)[O-])Cc1ccc(Cl)nc1.[Na+]. The standard InChI is InChI=1S/C10H13ClN4O5S.Na/c11-8-2-1-7(5-13-8)6-15(3-4-21(18,19)20)10(17)14-9(12)16;/h1-2,5H,3-4,6H2,(H,18,19,20)(H3,12,14,16,17);/q;+1/p-1. The number of hydrogen-bond acceptors (Lipinski definition) is 6. The van der Waals surface area contributed by atoms with E-state index in [1.54, 1.807) is 11.4 Å². The van der Waals surface area contributed by atoms with E-state index >= 15 is 0 Å². The summed E-state index contributed by atoms with van der Waals surface area (Å²) in [6.45, 7) is -0.466. The van der Waals surface area contributed by atoms with Crippen molar-refractivity contribution in [2.45, 2.75) is 6.54 Å². The number of nitrogens with one attached hydrogen (secondary N) is 1. The number of carbonyl (C=O) groups excluding carboxylic acids is 2. The van der Waals surface area contributed by atoms with E-state index in [-0.39, 0.29) is 41.3 Å². The minimum absolute atomic E-state index is 0. The summed E-state index contributed by atoms with van der Waals surface area (Å²) in [5.74, 6) is -0.791. The molecule has 0 aliphatic rings. The summed E-state index contributed by atoms with van der Waals surface area (Å²) in [6.07, 6.45) is 1.37. The van der Waals surface area contributed by atoms with E-state index < -0.39 is 34.5 Å². The summed E-state index contributed by atoms with van der Waals surface area (Å²) in [7, 11) is -4.50. The van der Waals surface area contributed by atoms with Gasteiger partial charge in [0.2, 0.25) is 0 Å². The molecule has 0 aliphatic heterocycles. The van der Waals surface area contributed by atoms with Crippen molar-refractivity contribution in [2.75, 3.05) is 12.3 Å². The van der Waals surface area contributed by atoms with Crippen LogP contribution in [0.5, 0.6) is 0 Å². The van der Waals surface area contributed by atoms with Gasteiger partial charge in [-0.1, -0.05) is 17.7 Å². The first-order valence-corrected chi connectivity index (χ1v) is 7.52. The number of carbonyl (C=O) groups is 2. The Hall–Kier alpha value is -0.910. The van der Waals surface area contributed by atoms with Crippen molar-refractivity contribution in [3.8, 4) is 0 Å². The molecule has 0 radical (unpaired) electrons. The molecule has 1 aromatic heterocycles. The molecule has 0 atom stereocenters. The summed E-state index contributed by atoms with van der Waals surface area (Å²) in [5.41, 5.74) is 5.35. The van der Waals surface area contributed by atoms with Gasteiger partial charge >= 0.3 is 41.6 Å². The first-order valence-electron chi connectivity index (χ1n) is 5.57. The molecular formula is C10H12ClN4NaO5S. The smallest absolute Gasteiger partial charge is 0.748 e. The summed E-state index contributed by atoms with van der Waals surface area (Å²) in [5, 5.41) is 2.04. The molecule has 116 valence electrons. The molecular weight excluding hydrogens is 347 g/mol. The Morgan fingerprint density at radius 2 is 2.05 bits per heavy atom. The van der Waals surface area contributed by atoms with Crippen LogP contribution in [0.1, 0.15) is 5.56 Å². The normalized spacial score (nSPS) is 10.5. The van der Waals surface area contributed by atoms with Crippen molar-refractivity contribution in [1.29, 1.82) is 0 Å². The fraction of sp³-hybridized carbons (Fsp3) is 0.300. The molecule has 0 bridgehead atoms. The van der Waals surface area contributed by atoms with Gasteiger partial charge in [0, 0.05) is 19.3 Å². The van der Waals surface area contributed by atoms with Crippen LogP contribution in [-0.2, 0) is 16.7 Å². The molecule has 12 heteroatoms. The summed E-state index contributed by atoms with van der Waals surface area (Å²) in [6, 6.07) is 1.03. The van der Waals surface area contributed by atoms with Crippen molar-refractivity contribution in [1.82, 2.24) is 15.2 Å². The van der Waals surface area contributed by atoms with Crippen molar-refractivity contribution < 1.29 is 52.1 Å². The first kappa shape index (κ1) is 21.1. The number of rotatable bonds is 5. The van der Waals surface area contributed by atoms with Crippen molar-refractivity contribution in [3.05, 3.63) is 29.0 Å². The molecule has 0 saturated carbocycles. The van der Waals surface area contributed by atoms with E-state index in [1.165, 1.54) is 12.3 Å². The topological polar surface area (TPSA) is 146 Å². The zero-order chi connectivity index (χ0) is 16.0. The van der Waals surface area contributed by atoms with Crippen LogP contribution in [0.15, 0.2) is 18.3 Å². The Kier molecular flexibility index (Phi) is 8.89. The van der Waals surface area contributed by atoms with E-state index in [4.69, 9.17) is 17.3 Å². The first-order chi connectivity index (χ1) is 9.67. The number of halogens is 1. The van der Waals surface area contributed by atoms with E-state index in [1.807, 2.05) is 0 Å². The Balaban J connectivity index is 0.00000441. The largest absolute Gasteiger partial charge is 1.00 e. The molecule has 0 unspecified atom stereocenters. The molecule has 22 heavy (non-hydrogen) atoms. The maximum atomic E-state index is 11.7. The maximum absolute atomic E-state index is 11.7. The van der Waals surface area contributed by atoms with Crippen molar-refractivity contribution in [3.63, 3.8) is 0 Å². The molecule has 0 fully saturated rings. The van der Waals surface area contributed by atoms with E-state index in [2.05, 4.69) is 4.98 Å². The van der Waals surface area contributed by atoms with Gasteiger partial charge in [0.15, 0.2) is 0 Å². The molecule has 1 rings (SSSR count). The number of primary amides is 1. The Labute approximate surface area is 154 Å².